The molecule has 25 heavy (non-hydrogen) atoms. The second kappa shape index (κ2) is 7.26. The maximum absolute atomic E-state index is 13.3. The molecule has 0 saturated heterocycles. The molecule has 0 bridgehead atoms. The van der Waals surface area contributed by atoms with Crippen LogP contribution in [0, 0.1) is 15.9 Å². The molecule has 8 nitrogen and oxygen atoms in total. The predicted molar refractivity (Wildman–Crippen MR) is 84.6 cm³/mol. The summed E-state index contributed by atoms with van der Waals surface area (Å²) in [6.07, 6.45) is -1.17. The molecule has 0 N–H and O–H groups in total. The molecule has 0 aliphatic heterocycles. The first-order valence-electron chi connectivity index (χ1n) is 6.87. The van der Waals surface area contributed by atoms with Crippen molar-refractivity contribution in [1.29, 1.82) is 0 Å². The minimum Gasteiger partial charge on any atom is -0.444 e. The average Bonchev–Trinajstić information content (AvgIpc) is 2.59. The van der Waals surface area contributed by atoms with Crippen molar-refractivity contribution in [2.24, 2.45) is 0 Å². The number of carbonyl (C=O) groups is 1. The Morgan fingerprint density at radius 2 is 1.88 bits per heavy atom. The number of ether oxygens (including phenoxy) is 1. The summed E-state index contributed by atoms with van der Waals surface area (Å²) >= 11 is 0. The van der Waals surface area contributed by atoms with Crippen LogP contribution in [0.1, 0.15) is 5.56 Å². The largest absolute Gasteiger partial charge is 0.444 e. The van der Waals surface area contributed by atoms with Crippen LogP contribution in [-0.2, 0) is 21.4 Å². The molecule has 2 rings (SSSR count). The number of sulfonamides is 1. The molecular formula is C15H13FN2O6S. The first-order chi connectivity index (χ1) is 11.7. The van der Waals surface area contributed by atoms with Gasteiger partial charge in [0.05, 0.1) is 9.82 Å². The Labute approximate surface area is 142 Å². The number of amides is 1. The van der Waals surface area contributed by atoms with E-state index in [0.29, 0.717) is 22.0 Å². The predicted octanol–water partition coefficient (Wildman–Crippen LogP) is 2.69. The number of rotatable bonds is 5. The number of hydrogen-bond acceptors (Lipinski definition) is 6. The van der Waals surface area contributed by atoms with Crippen LogP contribution in [0.25, 0.3) is 0 Å². The molecule has 0 radical (unpaired) electrons. The van der Waals surface area contributed by atoms with Gasteiger partial charge in [0, 0.05) is 13.1 Å². The summed E-state index contributed by atoms with van der Waals surface area (Å²) in [6, 6.07) is 10.6. The standard InChI is InChI=1S/C15H13FN2O6S/c1-17(15(19)24-10-11-5-3-2-4-6-11)25(22,23)12-7-8-13(16)14(9-12)18(20)21/h2-9H,10H2,1H3. The fraction of sp³-hybridized carbons (Fsp3) is 0.133. The van der Waals surface area contributed by atoms with Gasteiger partial charge in [0.15, 0.2) is 0 Å². The lowest BCUT2D eigenvalue weighted by molar-refractivity contribution is -0.387. The maximum Gasteiger partial charge on any atom is 0.423 e. The quantitative estimate of drug-likeness (QED) is 0.593. The van der Waals surface area contributed by atoms with E-state index in [-0.39, 0.29) is 6.61 Å². The molecule has 0 aliphatic carbocycles. The molecule has 2 aromatic rings. The molecule has 2 aromatic carbocycles. The SMILES string of the molecule is CN(C(=O)OCc1ccccc1)S(=O)(=O)c1ccc(F)c([N+](=O)[O-])c1. The van der Waals surface area contributed by atoms with Gasteiger partial charge in [0.2, 0.25) is 5.82 Å². The molecule has 0 fully saturated rings. The van der Waals surface area contributed by atoms with Crippen LogP contribution in [0.3, 0.4) is 0 Å². The van der Waals surface area contributed by atoms with Gasteiger partial charge in [-0.05, 0) is 17.7 Å². The van der Waals surface area contributed by atoms with Crippen LogP contribution < -0.4 is 0 Å². The molecule has 0 spiro atoms. The topological polar surface area (TPSA) is 107 Å². The average molecular weight is 368 g/mol. The summed E-state index contributed by atoms with van der Waals surface area (Å²) in [7, 11) is -3.49. The minimum atomic E-state index is -4.43. The van der Waals surface area contributed by atoms with Crippen LogP contribution >= 0.6 is 0 Å². The first kappa shape index (κ1) is 18.3. The number of halogens is 1. The van der Waals surface area contributed by atoms with E-state index in [1.165, 1.54) is 0 Å². The van der Waals surface area contributed by atoms with Gasteiger partial charge < -0.3 is 4.74 Å². The van der Waals surface area contributed by atoms with E-state index >= 15 is 0 Å². The summed E-state index contributed by atoms with van der Waals surface area (Å²) in [5.74, 6) is -1.18. The van der Waals surface area contributed by atoms with Crippen LogP contribution in [0.5, 0.6) is 0 Å². The molecule has 1 amide bonds. The molecule has 0 saturated carbocycles. The lowest BCUT2D eigenvalue weighted by atomic mass is 10.2. The number of nitrogens with zero attached hydrogens (tertiary/aromatic N) is 2. The van der Waals surface area contributed by atoms with Crippen molar-refractivity contribution < 1.29 is 27.3 Å². The highest BCUT2D eigenvalue weighted by Crippen LogP contribution is 2.23. The van der Waals surface area contributed by atoms with E-state index < -0.39 is 37.4 Å². The normalized spacial score (nSPS) is 11.0. The summed E-state index contributed by atoms with van der Waals surface area (Å²) in [5, 5.41) is 10.7. The summed E-state index contributed by atoms with van der Waals surface area (Å²) in [5.41, 5.74) is -0.355. The van der Waals surface area contributed by atoms with E-state index in [9.17, 15) is 27.7 Å². The van der Waals surface area contributed by atoms with Crippen molar-refractivity contribution in [3.8, 4) is 0 Å². The molecule has 0 atom stereocenters. The van der Waals surface area contributed by atoms with Gasteiger partial charge in [-0.15, -0.1) is 0 Å². The second-order valence-corrected chi connectivity index (χ2v) is 6.85. The van der Waals surface area contributed by atoms with Crippen molar-refractivity contribution in [1.82, 2.24) is 4.31 Å². The van der Waals surface area contributed by atoms with Gasteiger partial charge in [0.25, 0.3) is 10.0 Å². The van der Waals surface area contributed by atoms with Gasteiger partial charge in [-0.3, -0.25) is 10.1 Å². The van der Waals surface area contributed by atoms with E-state index in [4.69, 9.17) is 4.74 Å². The Morgan fingerprint density at radius 1 is 1.24 bits per heavy atom. The molecule has 132 valence electrons. The third kappa shape index (κ3) is 4.10. The maximum atomic E-state index is 13.3. The Balaban J connectivity index is 2.19. The van der Waals surface area contributed by atoms with E-state index in [0.717, 1.165) is 13.1 Å². The zero-order chi connectivity index (χ0) is 18.6. The number of hydrogen-bond donors (Lipinski definition) is 0. The Morgan fingerprint density at radius 3 is 2.48 bits per heavy atom. The number of nitro benzene ring substituents is 1. The first-order valence-corrected chi connectivity index (χ1v) is 8.31. The highest BCUT2D eigenvalue weighted by molar-refractivity contribution is 7.89. The third-order valence-electron chi connectivity index (χ3n) is 3.23. The lowest BCUT2D eigenvalue weighted by Crippen LogP contribution is -2.33. The number of benzene rings is 2. The van der Waals surface area contributed by atoms with Crippen LogP contribution in [-0.4, -0.2) is 30.8 Å². The monoisotopic (exact) mass is 368 g/mol. The highest BCUT2D eigenvalue weighted by Gasteiger charge is 2.29. The Hall–Kier alpha value is -3.01. The van der Waals surface area contributed by atoms with Crippen molar-refractivity contribution in [3.63, 3.8) is 0 Å². The smallest absolute Gasteiger partial charge is 0.423 e. The lowest BCUT2D eigenvalue weighted by Gasteiger charge is -2.17. The second-order valence-electron chi connectivity index (χ2n) is 4.88. The Kier molecular flexibility index (Phi) is 5.32. The molecule has 0 heterocycles. The van der Waals surface area contributed by atoms with Crippen LogP contribution in [0.2, 0.25) is 0 Å². The van der Waals surface area contributed by atoms with Crippen molar-refractivity contribution >= 4 is 21.8 Å². The zero-order valence-electron chi connectivity index (χ0n) is 13.0. The van der Waals surface area contributed by atoms with Gasteiger partial charge >= 0.3 is 11.8 Å². The van der Waals surface area contributed by atoms with Crippen LogP contribution in [0.15, 0.2) is 53.4 Å². The van der Waals surface area contributed by atoms with Crippen LogP contribution in [0.4, 0.5) is 14.9 Å². The Bertz CT molecular complexity index is 901. The van der Waals surface area contributed by atoms with Crippen molar-refractivity contribution in [2.45, 2.75) is 11.5 Å². The fourth-order valence-electron chi connectivity index (χ4n) is 1.86. The minimum absolute atomic E-state index is 0.150. The van der Waals surface area contributed by atoms with Gasteiger partial charge in [-0.2, -0.15) is 4.39 Å². The van der Waals surface area contributed by atoms with Gasteiger partial charge in [0.1, 0.15) is 6.61 Å². The van der Waals surface area contributed by atoms with E-state index in [1.807, 2.05) is 0 Å². The third-order valence-corrected chi connectivity index (χ3v) is 4.95. The van der Waals surface area contributed by atoms with E-state index in [2.05, 4.69) is 0 Å². The van der Waals surface area contributed by atoms with Crippen molar-refractivity contribution in [3.05, 3.63) is 70.0 Å². The number of nitro groups is 1. The number of carbonyl (C=O) groups excluding carboxylic acids is 1. The summed E-state index contributed by atoms with van der Waals surface area (Å²) in [4.78, 5) is 21.0. The summed E-state index contributed by atoms with van der Waals surface area (Å²) in [6.45, 7) is -0.150. The van der Waals surface area contributed by atoms with Crippen molar-refractivity contribution in [2.75, 3.05) is 7.05 Å². The van der Waals surface area contributed by atoms with Gasteiger partial charge in [-0.1, -0.05) is 30.3 Å². The molecule has 0 unspecified atom stereocenters. The summed E-state index contributed by atoms with van der Waals surface area (Å²) < 4.78 is 43.2. The molecular weight excluding hydrogens is 355 g/mol. The zero-order valence-corrected chi connectivity index (χ0v) is 13.8. The molecule has 0 aromatic heterocycles. The highest BCUT2D eigenvalue weighted by atomic mass is 32.2. The fourth-order valence-corrected chi connectivity index (χ4v) is 2.93. The van der Waals surface area contributed by atoms with E-state index in [1.54, 1.807) is 30.3 Å². The molecule has 10 heteroatoms. The molecule has 0 aliphatic rings. The van der Waals surface area contributed by atoms with Gasteiger partial charge in [-0.25, -0.2) is 17.5 Å².